The van der Waals surface area contributed by atoms with Crippen LogP contribution in [0.3, 0.4) is 0 Å². The van der Waals surface area contributed by atoms with Gasteiger partial charge in [0.15, 0.2) is 6.29 Å². The highest BCUT2D eigenvalue weighted by molar-refractivity contribution is 5.77. The molecule has 1 N–H and O–H groups in total. The smallest absolute Gasteiger partial charge is 0.222 e. The van der Waals surface area contributed by atoms with Gasteiger partial charge in [-0.2, -0.15) is 0 Å². The summed E-state index contributed by atoms with van der Waals surface area (Å²) in [5.74, 6) is 0.0183. The summed E-state index contributed by atoms with van der Waals surface area (Å²) in [5, 5.41) is 3.07. The first-order valence-corrected chi connectivity index (χ1v) is 7.04. The number of hydrogen-bond acceptors (Lipinski definition) is 2. The van der Waals surface area contributed by atoms with Crippen molar-refractivity contribution in [3.05, 3.63) is 24.0 Å². The largest absolute Gasteiger partial charge is 0.351 e. The predicted molar refractivity (Wildman–Crippen MR) is 80.7 cm³/mol. The van der Waals surface area contributed by atoms with E-state index < -0.39 is 0 Å². The first-order valence-electron chi connectivity index (χ1n) is 7.04. The lowest BCUT2D eigenvalue weighted by Crippen LogP contribution is -2.46. The van der Waals surface area contributed by atoms with Crippen LogP contribution >= 0.6 is 0 Å². The van der Waals surface area contributed by atoms with Crippen molar-refractivity contribution in [1.82, 2.24) is 9.88 Å². The number of nitrogens with one attached hydrogen (secondary N) is 1. The average molecular weight is 278 g/mol. The molecule has 1 heterocycles. The highest BCUT2D eigenvalue weighted by Gasteiger charge is 2.26. The Kier molecular flexibility index (Phi) is 5.15. The summed E-state index contributed by atoms with van der Waals surface area (Å²) in [6.45, 7) is 11.1. The Morgan fingerprint density at radius 3 is 2.50 bits per heavy atom. The van der Waals surface area contributed by atoms with Crippen LogP contribution in [0.2, 0.25) is 0 Å². The Hall–Kier alpha value is -1.58. The number of carbonyl (C=O) groups is 2. The predicted octanol–water partition coefficient (Wildman–Crippen LogP) is 3.02. The second kappa shape index (κ2) is 6.25. The molecule has 1 aromatic heterocycles. The summed E-state index contributed by atoms with van der Waals surface area (Å²) >= 11 is 0. The third kappa shape index (κ3) is 5.59. The third-order valence-electron chi connectivity index (χ3n) is 3.02. The van der Waals surface area contributed by atoms with Crippen LogP contribution in [0.4, 0.5) is 0 Å². The molecule has 4 nitrogen and oxygen atoms in total. The van der Waals surface area contributed by atoms with Crippen LogP contribution in [-0.2, 0) is 11.3 Å². The van der Waals surface area contributed by atoms with E-state index in [1.807, 2.05) is 26.1 Å². The minimum absolute atomic E-state index is 0.0183. The van der Waals surface area contributed by atoms with E-state index in [9.17, 15) is 9.59 Å². The molecule has 0 aliphatic heterocycles. The van der Waals surface area contributed by atoms with Crippen molar-refractivity contribution < 1.29 is 9.59 Å². The molecule has 0 spiro atoms. The van der Waals surface area contributed by atoms with Gasteiger partial charge in [0.05, 0.1) is 5.69 Å². The second-order valence-electron chi connectivity index (χ2n) is 7.16. The maximum atomic E-state index is 12.0. The Morgan fingerprint density at radius 1 is 1.30 bits per heavy atom. The Morgan fingerprint density at radius 2 is 1.95 bits per heavy atom. The second-order valence-corrected chi connectivity index (χ2v) is 7.16. The van der Waals surface area contributed by atoms with Gasteiger partial charge >= 0.3 is 0 Å². The van der Waals surface area contributed by atoms with E-state index in [0.717, 1.165) is 12.7 Å². The van der Waals surface area contributed by atoms with Crippen LogP contribution in [-0.4, -0.2) is 22.3 Å². The van der Waals surface area contributed by atoms with E-state index >= 15 is 0 Å². The van der Waals surface area contributed by atoms with Gasteiger partial charge in [-0.3, -0.25) is 9.59 Å². The van der Waals surface area contributed by atoms with E-state index in [1.165, 1.54) is 0 Å². The molecule has 20 heavy (non-hydrogen) atoms. The van der Waals surface area contributed by atoms with Crippen molar-refractivity contribution in [3.63, 3.8) is 0 Å². The molecule has 1 amide bonds. The molecule has 0 unspecified atom stereocenters. The van der Waals surface area contributed by atoms with Gasteiger partial charge in [-0.25, -0.2) is 0 Å². The molecule has 0 saturated carbocycles. The number of hydrogen-bond donors (Lipinski definition) is 1. The zero-order chi connectivity index (χ0) is 15.4. The summed E-state index contributed by atoms with van der Waals surface area (Å²) < 4.78 is 1.79. The van der Waals surface area contributed by atoms with Gasteiger partial charge in [0.25, 0.3) is 0 Å². The van der Waals surface area contributed by atoms with E-state index in [1.54, 1.807) is 10.6 Å². The van der Waals surface area contributed by atoms with E-state index in [2.05, 4.69) is 26.1 Å². The highest BCUT2D eigenvalue weighted by atomic mass is 16.1. The summed E-state index contributed by atoms with van der Waals surface area (Å²) in [4.78, 5) is 22.8. The molecule has 0 bridgehead atoms. The Balaban J connectivity index is 2.50. The molecule has 0 saturated heterocycles. The number of aldehydes is 1. The molecule has 0 atom stereocenters. The van der Waals surface area contributed by atoms with E-state index in [0.29, 0.717) is 18.7 Å². The van der Waals surface area contributed by atoms with Crippen LogP contribution in [0.25, 0.3) is 0 Å². The number of nitrogens with zero attached hydrogens (tertiary/aromatic N) is 1. The molecule has 112 valence electrons. The zero-order valence-electron chi connectivity index (χ0n) is 13.2. The van der Waals surface area contributed by atoms with Gasteiger partial charge in [0, 0.05) is 24.7 Å². The monoisotopic (exact) mass is 278 g/mol. The van der Waals surface area contributed by atoms with Gasteiger partial charge in [-0.15, -0.1) is 0 Å². The standard InChI is InChI=1S/C16H26N2O2/c1-15(2,3)12-16(4,5)17-14(20)8-10-18-9-6-7-13(18)11-19/h6-7,9,11H,8,10,12H2,1-5H3,(H,17,20). The number of aromatic nitrogens is 1. The third-order valence-corrected chi connectivity index (χ3v) is 3.02. The van der Waals surface area contributed by atoms with Crippen LogP contribution in [0.15, 0.2) is 18.3 Å². The minimum Gasteiger partial charge on any atom is -0.351 e. The maximum Gasteiger partial charge on any atom is 0.222 e. The molecule has 0 aliphatic rings. The number of carbonyl (C=O) groups excluding carboxylic acids is 2. The zero-order valence-corrected chi connectivity index (χ0v) is 13.2. The molecule has 1 rings (SSSR count). The van der Waals surface area contributed by atoms with Gasteiger partial charge in [-0.1, -0.05) is 20.8 Å². The van der Waals surface area contributed by atoms with Crippen molar-refractivity contribution in [2.45, 2.75) is 59.5 Å². The summed E-state index contributed by atoms with van der Waals surface area (Å²) in [6.07, 6.45) is 3.91. The van der Waals surface area contributed by atoms with Crippen LogP contribution < -0.4 is 5.32 Å². The number of aryl methyl sites for hydroxylation is 1. The van der Waals surface area contributed by atoms with Crippen LogP contribution in [0, 0.1) is 5.41 Å². The topological polar surface area (TPSA) is 51.1 Å². The van der Waals surface area contributed by atoms with Crippen molar-refractivity contribution in [3.8, 4) is 0 Å². The quantitative estimate of drug-likeness (QED) is 0.813. The molecule has 0 aliphatic carbocycles. The summed E-state index contributed by atoms with van der Waals surface area (Å²) in [7, 11) is 0. The SMILES string of the molecule is CC(C)(C)CC(C)(C)NC(=O)CCn1cccc1C=O. The minimum atomic E-state index is -0.223. The maximum absolute atomic E-state index is 12.0. The highest BCUT2D eigenvalue weighted by Crippen LogP contribution is 2.26. The average Bonchev–Trinajstić information content (AvgIpc) is 2.69. The molecule has 1 aromatic rings. The molecule has 0 fully saturated rings. The number of rotatable bonds is 6. The fraction of sp³-hybridized carbons (Fsp3) is 0.625. The summed E-state index contributed by atoms with van der Waals surface area (Å²) in [6, 6.07) is 3.56. The van der Waals surface area contributed by atoms with Crippen molar-refractivity contribution in [2.75, 3.05) is 0 Å². The Bertz CT molecular complexity index is 467. The van der Waals surface area contributed by atoms with Crippen molar-refractivity contribution >= 4 is 12.2 Å². The van der Waals surface area contributed by atoms with Crippen molar-refractivity contribution in [1.29, 1.82) is 0 Å². The van der Waals surface area contributed by atoms with E-state index in [-0.39, 0.29) is 16.9 Å². The van der Waals surface area contributed by atoms with Gasteiger partial charge < -0.3 is 9.88 Å². The first-order chi connectivity index (χ1) is 9.13. The number of amides is 1. The van der Waals surface area contributed by atoms with Crippen LogP contribution in [0.1, 0.15) is 57.9 Å². The van der Waals surface area contributed by atoms with E-state index in [4.69, 9.17) is 0 Å². The summed E-state index contributed by atoms with van der Waals surface area (Å²) in [5.41, 5.74) is 0.549. The molecule has 0 radical (unpaired) electrons. The molecular formula is C16H26N2O2. The Labute approximate surface area is 121 Å². The molecule has 0 aromatic carbocycles. The van der Waals surface area contributed by atoms with Gasteiger partial charge in [0.2, 0.25) is 5.91 Å². The lowest BCUT2D eigenvalue weighted by atomic mass is 9.82. The van der Waals surface area contributed by atoms with Crippen LogP contribution in [0.5, 0.6) is 0 Å². The lowest BCUT2D eigenvalue weighted by Gasteiger charge is -2.33. The fourth-order valence-electron chi connectivity index (χ4n) is 2.77. The first kappa shape index (κ1) is 16.5. The normalized spacial score (nSPS) is 12.2. The fourth-order valence-corrected chi connectivity index (χ4v) is 2.77. The van der Waals surface area contributed by atoms with Gasteiger partial charge in [0.1, 0.15) is 0 Å². The molecule has 4 heteroatoms. The molecular weight excluding hydrogens is 252 g/mol. The lowest BCUT2D eigenvalue weighted by molar-refractivity contribution is -0.123. The van der Waals surface area contributed by atoms with Crippen molar-refractivity contribution in [2.24, 2.45) is 5.41 Å². The van der Waals surface area contributed by atoms with Gasteiger partial charge in [-0.05, 0) is 37.8 Å².